The highest BCUT2D eigenvalue weighted by Crippen LogP contribution is 2.22. The quantitative estimate of drug-likeness (QED) is 0.724. The molecule has 2 unspecified atom stereocenters. The number of hydrogen-bond donors (Lipinski definition) is 3. The van der Waals surface area contributed by atoms with Gasteiger partial charge in [0, 0.05) is 6.04 Å². The molecule has 1 rings (SSSR count). The first-order valence-corrected chi connectivity index (χ1v) is 7.06. The number of carbonyl (C=O) groups is 2. The van der Waals surface area contributed by atoms with Gasteiger partial charge in [0.05, 0.1) is 12.5 Å². The minimum atomic E-state index is -0.881. The van der Waals surface area contributed by atoms with Crippen LogP contribution < -0.4 is 10.6 Å². The van der Waals surface area contributed by atoms with Crippen LogP contribution in [-0.2, 0) is 9.59 Å². The lowest BCUT2D eigenvalue weighted by Crippen LogP contribution is -2.52. The molecule has 1 aliphatic rings. The number of carbonyl (C=O) groups excluding carboxylic acids is 1. The van der Waals surface area contributed by atoms with Crippen LogP contribution in [0.25, 0.3) is 0 Å². The van der Waals surface area contributed by atoms with Crippen molar-refractivity contribution in [3.8, 4) is 0 Å². The maximum atomic E-state index is 12.2. The molecule has 110 valence electrons. The second-order valence-electron chi connectivity index (χ2n) is 6.38. The lowest BCUT2D eigenvalue weighted by molar-refractivity contribution is -0.138. The molecule has 19 heavy (non-hydrogen) atoms. The highest BCUT2D eigenvalue weighted by Gasteiger charge is 2.30. The molecule has 1 saturated heterocycles. The zero-order valence-corrected chi connectivity index (χ0v) is 12.2. The Hall–Kier alpha value is -1.10. The molecule has 1 fully saturated rings. The lowest BCUT2D eigenvalue weighted by Gasteiger charge is -2.31. The Morgan fingerprint density at radius 1 is 1.32 bits per heavy atom. The molecule has 2 atom stereocenters. The van der Waals surface area contributed by atoms with Crippen molar-refractivity contribution in [2.24, 2.45) is 5.41 Å². The van der Waals surface area contributed by atoms with Gasteiger partial charge in [0.2, 0.25) is 5.91 Å². The number of nitrogens with one attached hydrogen (secondary N) is 2. The molecule has 0 aromatic rings. The first-order chi connectivity index (χ1) is 8.80. The zero-order valence-electron chi connectivity index (χ0n) is 12.2. The largest absolute Gasteiger partial charge is 0.481 e. The van der Waals surface area contributed by atoms with Gasteiger partial charge in [-0.2, -0.15) is 0 Å². The van der Waals surface area contributed by atoms with Gasteiger partial charge >= 0.3 is 5.97 Å². The molecule has 3 N–H and O–H groups in total. The monoisotopic (exact) mass is 270 g/mol. The fourth-order valence-electron chi connectivity index (χ4n) is 2.27. The molecule has 0 saturated carbocycles. The second-order valence-corrected chi connectivity index (χ2v) is 6.38. The van der Waals surface area contributed by atoms with Crippen molar-refractivity contribution in [3.63, 3.8) is 0 Å². The predicted molar refractivity (Wildman–Crippen MR) is 73.9 cm³/mol. The maximum absolute atomic E-state index is 12.2. The van der Waals surface area contributed by atoms with E-state index in [1.165, 1.54) is 0 Å². The summed E-state index contributed by atoms with van der Waals surface area (Å²) < 4.78 is 0. The van der Waals surface area contributed by atoms with Crippen LogP contribution >= 0.6 is 0 Å². The molecule has 0 spiro atoms. The van der Waals surface area contributed by atoms with Crippen molar-refractivity contribution in [3.05, 3.63) is 0 Å². The fraction of sp³-hybridized carbons (Fsp3) is 0.857. The molecule has 1 aliphatic heterocycles. The summed E-state index contributed by atoms with van der Waals surface area (Å²) in [5, 5.41) is 15.1. The molecule has 0 bridgehead atoms. The normalized spacial score (nSPS) is 22.4. The van der Waals surface area contributed by atoms with Crippen LogP contribution in [0.5, 0.6) is 0 Å². The van der Waals surface area contributed by atoms with E-state index in [0.29, 0.717) is 0 Å². The van der Waals surface area contributed by atoms with E-state index in [-0.39, 0.29) is 29.8 Å². The number of carboxylic acid groups (broad SMARTS) is 1. The van der Waals surface area contributed by atoms with E-state index in [0.717, 1.165) is 32.2 Å². The van der Waals surface area contributed by atoms with Crippen LogP contribution in [-0.4, -0.2) is 35.6 Å². The number of carboxylic acids is 1. The Balaban J connectivity index is 2.61. The lowest BCUT2D eigenvalue weighted by atomic mass is 9.84. The van der Waals surface area contributed by atoms with Crippen LogP contribution in [0.4, 0.5) is 0 Å². The van der Waals surface area contributed by atoms with Gasteiger partial charge in [-0.3, -0.25) is 9.59 Å². The molecular weight excluding hydrogens is 244 g/mol. The van der Waals surface area contributed by atoms with Crippen LogP contribution in [0.3, 0.4) is 0 Å². The minimum absolute atomic E-state index is 0.0397. The molecule has 0 aliphatic carbocycles. The number of aliphatic carboxylic acids is 1. The number of hydrogen-bond acceptors (Lipinski definition) is 3. The Morgan fingerprint density at radius 2 is 2.00 bits per heavy atom. The zero-order chi connectivity index (χ0) is 14.5. The van der Waals surface area contributed by atoms with Gasteiger partial charge in [-0.05, 0) is 24.8 Å². The van der Waals surface area contributed by atoms with Crippen molar-refractivity contribution in [1.29, 1.82) is 0 Å². The first-order valence-electron chi connectivity index (χ1n) is 7.06. The van der Waals surface area contributed by atoms with Crippen molar-refractivity contribution >= 4 is 11.9 Å². The summed E-state index contributed by atoms with van der Waals surface area (Å²) in [6.07, 6.45) is 4.08. The minimum Gasteiger partial charge on any atom is -0.481 e. The summed E-state index contributed by atoms with van der Waals surface area (Å²) in [7, 11) is 0. The van der Waals surface area contributed by atoms with E-state index in [1.807, 2.05) is 20.8 Å². The highest BCUT2D eigenvalue weighted by molar-refractivity contribution is 5.82. The van der Waals surface area contributed by atoms with Crippen LogP contribution in [0, 0.1) is 5.41 Å². The molecule has 1 amide bonds. The van der Waals surface area contributed by atoms with Crippen LogP contribution in [0.15, 0.2) is 0 Å². The summed E-state index contributed by atoms with van der Waals surface area (Å²) in [4.78, 5) is 23.1. The Kier molecular flexibility index (Phi) is 5.79. The molecule has 5 nitrogen and oxygen atoms in total. The molecule has 0 radical (unpaired) electrons. The van der Waals surface area contributed by atoms with Crippen molar-refractivity contribution in [1.82, 2.24) is 10.6 Å². The third kappa shape index (κ3) is 5.59. The summed E-state index contributed by atoms with van der Waals surface area (Å²) in [5.74, 6) is -0.947. The topological polar surface area (TPSA) is 78.4 Å². The summed E-state index contributed by atoms with van der Waals surface area (Å²) >= 11 is 0. The van der Waals surface area contributed by atoms with Gasteiger partial charge in [-0.1, -0.05) is 33.6 Å². The summed E-state index contributed by atoms with van der Waals surface area (Å²) in [5.41, 5.74) is -0.265. The Bertz CT molecular complexity index is 315. The number of rotatable bonds is 4. The maximum Gasteiger partial charge on any atom is 0.305 e. The molecule has 1 heterocycles. The van der Waals surface area contributed by atoms with Crippen LogP contribution in [0.1, 0.15) is 52.9 Å². The van der Waals surface area contributed by atoms with Crippen molar-refractivity contribution in [2.75, 3.05) is 6.54 Å². The predicted octanol–water partition coefficient (Wildman–Crippen LogP) is 1.52. The van der Waals surface area contributed by atoms with E-state index in [9.17, 15) is 9.59 Å². The van der Waals surface area contributed by atoms with Crippen molar-refractivity contribution < 1.29 is 14.7 Å². The standard InChI is InChI=1S/C14H26N2O3/c1-14(2,3)11(9-12(17)18)16-13(19)10-7-5-4-6-8-15-10/h10-11,15H,4-9H2,1-3H3,(H,16,19)(H,17,18). The first kappa shape index (κ1) is 16.0. The SMILES string of the molecule is CC(C)(C)C(CC(=O)O)NC(=O)C1CCCCCN1. The Labute approximate surface area is 115 Å². The fourth-order valence-corrected chi connectivity index (χ4v) is 2.27. The second kappa shape index (κ2) is 6.89. The van der Waals surface area contributed by atoms with Gasteiger partial charge in [-0.15, -0.1) is 0 Å². The summed E-state index contributed by atoms with van der Waals surface area (Å²) in [6, 6.07) is -0.524. The average molecular weight is 270 g/mol. The molecular formula is C14H26N2O3. The Morgan fingerprint density at radius 3 is 2.58 bits per heavy atom. The van der Waals surface area contributed by atoms with Gasteiger partial charge in [0.15, 0.2) is 0 Å². The van der Waals surface area contributed by atoms with Gasteiger partial charge < -0.3 is 15.7 Å². The van der Waals surface area contributed by atoms with E-state index < -0.39 is 5.97 Å². The van der Waals surface area contributed by atoms with E-state index in [2.05, 4.69) is 10.6 Å². The third-order valence-electron chi connectivity index (χ3n) is 3.62. The average Bonchev–Trinajstić information content (AvgIpc) is 2.54. The van der Waals surface area contributed by atoms with E-state index in [4.69, 9.17) is 5.11 Å². The van der Waals surface area contributed by atoms with Gasteiger partial charge in [-0.25, -0.2) is 0 Å². The molecule has 0 aromatic carbocycles. The summed E-state index contributed by atoms with van der Waals surface area (Å²) in [6.45, 7) is 6.70. The van der Waals surface area contributed by atoms with Crippen LogP contribution in [0.2, 0.25) is 0 Å². The smallest absolute Gasteiger partial charge is 0.305 e. The van der Waals surface area contributed by atoms with E-state index in [1.54, 1.807) is 0 Å². The van der Waals surface area contributed by atoms with Gasteiger partial charge in [0.1, 0.15) is 0 Å². The van der Waals surface area contributed by atoms with Crippen molar-refractivity contribution in [2.45, 2.75) is 65.0 Å². The third-order valence-corrected chi connectivity index (χ3v) is 3.62. The van der Waals surface area contributed by atoms with Gasteiger partial charge in [0.25, 0.3) is 0 Å². The number of amides is 1. The highest BCUT2D eigenvalue weighted by atomic mass is 16.4. The molecule has 5 heteroatoms. The molecule has 0 aromatic heterocycles. The van der Waals surface area contributed by atoms with E-state index >= 15 is 0 Å².